The van der Waals surface area contributed by atoms with E-state index in [4.69, 9.17) is 0 Å². The van der Waals surface area contributed by atoms with E-state index in [-0.39, 0.29) is 0 Å². The van der Waals surface area contributed by atoms with E-state index >= 15 is 0 Å². The number of allylic oxidation sites excluding steroid dienone is 3. The van der Waals surface area contributed by atoms with Crippen molar-refractivity contribution in [3.63, 3.8) is 0 Å². The lowest BCUT2D eigenvalue weighted by Gasteiger charge is -2.41. The van der Waals surface area contributed by atoms with Crippen LogP contribution in [0.2, 0.25) is 0 Å². The number of rotatable bonds is 4. The maximum atomic E-state index is 2.45. The maximum Gasteiger partial charge on any atom is 0.0129 e. The van der Waals surface area contributed by atoms with Crippen molar-refractivity contribution in [3.05, 3.63) is 94.8 Å². The smallest absolute Gasteiger partial charge is 0.0129 e. The van der Waals surface area contributed by atoms with Gasteiger partial charge in [-0.25, -0.2) is 0 Å². The Morgan fingerprint density at radius 3 is 2.09 bits per heavy atom. The van der Waals surface area contributed by atoms with Crippen LogP contribution in [0, 0.1) is 0 Å². The first-order valence-corrected chi connectivity index (χ1v) is 9.57. The summed E-state index contributed by atoms with van der Waals surface area (Å²) < 4.78 is 2.36. The van der Waals surface area contributed by atoms with E-state index in [1.54, 1.807) is 0 Å². The van der Waals surface area contributed by atoms with Gasteiger partial charge in [0, 0.05) is 4.91 Å². The van der Waals surface area contributed by atoms with E-state index in [2.05, 4.69) is 109 Å². The van der Waals surface area contributed by atoms with Crippen LogP contribution in [-0.2, 0) is 0 Å². The van der Waals surface area contributed by atoms with Crippen molar-refractivity contribution in [1.82, 2.24) is 4.31 Å². The van der Waals surface area contributed by atoms with Crippen molar-refractivity contribution >= 4 is 20.7 Å². The summed E-state index contributed by atoms with van der Waals surface area (Å²) in [5, 5.41) is 4.84. The predicted octanol–water partition coefficient (Wildman–Crippen LogP) is 5.90. The predicted molar refractivity (Wildman–Crippen MR) is 105 cm³/mol. The van der Waals surface area contributed by atoms with E-state index in [9.17, 15) is 0 Å². The third-order valence-corrected chi connectivity index (χ3v) is 7.69. The first kappa shape index (κ1) is 15.9. The number of benzene rings is 2. The van der Waals surface area contributed by atoms with Crippen LogP contribution in [-0.4, -0.2) is 18.4 Å². The molecule has 23 heavy (non-hydrogen) atoms. The summed E-state index contributed by atoms with van der Waals surface area (Å²) in [5.41, 5.74) is 3.89. The fourth-order valence-electron chi connectivity index (χ4n) is 2.95. The van der Waals surface area contributed by atoms with Crippen LogP contribution < -0.4 is 0 Å². The highest BCUT2D eigenvalue weighted by Crippen LogP contribution is 2.67. The molecule has 2 aromatic rings. The molecule has 0 spiro atoms. The number of nitrogens with zero attached hydrogens (tertiary/aromatic N) is 1. The molecule has 118 valence electrons. The molecule has 1 aliphatic heterocycles. The molecule has 0 N–H and O–H groups in total. The van der Waals surface area contributed by atoms with Gasteiger partial charge in [-0.2, -0.15) is 0 Å². The Hall–Kier alpha value is -2.03. The van der Waals surface area contributed by atoms with Crippen molar-refractivity contribution in [2.45, 2.75) is 6.92 Å². The van der Waals surface area contributed by atoms with Crippen LogP contribution in [0.4, 0.5) is 0 Å². The van der Waals surface area contributed by atoms with Gasteiger partial charge in [0.15, 0.2) is 0 Å². The van der Waals surface area contributed by atoms with Crippen LogP contribution in [0.1, 0.15) is 18.1 Å². The Labute approximate surface area is 141 Å². The van der Waals surface area contributed by atoms with Crippen molar-refractivity contribution < 1.29 is 0 Å². The molecule has 0 fully saturated rings. The van der Waals surface area contributed by atoms with Gasteiger partial charge in [-0.05, 0) is 54.6 Å². The summed E-state index contributed by atoms with van der Waals surface area (Å²) in [7, 11) is 3.09. The zero-order valence-electron chi connectivity index (χ0n) is 13.9. The third kappa shape index (κ3) is 2.92. The topological polar surface area (TPSA) is 3.24 Å². The molecular weight excluding hydrogens is 298 g/mol. The van der Waals surface area contributed by atoms with Crippen molar-refractivity contribution in [2.24, 2.45) is 0 Å². The summed E-state index contributed by atoms with van der Waals surface area (Å²) in [6.45, 7) is 2.14. The van der Waals surface area contributed by atoms with E-state index in [0.717, 1.165) is 0 Å². The molecule has 1 heterocycles. The van der Waals surface area contributed by atoms with E-state index in [1.165, 1.54) is 21.6 Å². The second kappa shape index (κ2) is 6.61. The quantitative estimate of drug-likeness (QED) is 0.678. The molecule has 0 aromatic heterocycles. The highest BCUT2D eigenvalue weighted by atomic mass is 32.3. The number of hydrogen-bond donors (Lipinski definition) is 0. The molecule has 0 saturated carbocycles. The van der Waals surface area contributed by atoms with Gasteiger partial charge in [0.05, 0.1) is 0 Å². The van der Waals surface area contributed by atoms with Crippen LogP contribution in [0.15, 0.2) is 83.6 Å². The van der Waals surface area contributed by atoms with Gasteiger partial charge in [0.2, 0.25) is 0 Å². The average Bonchev–Trinajstić information content (AvgIpc) is 3.04. The van der Waals surface area contributed by atoms with E-state index < -0.39 is 10.2 Å². The SMILES string of the molecule is CC=C(c1ccccc1)S1(N(C)C)C=CC(c2ccccc2)=C1. The lowest BCUT2D eigenvalue weighted by Crippen LogP contribution is -2.16. The highest BCUT2D eigenvalue weighted by molar-refractivity contribution is 8.43. The molecule has 0 bridgehead atoms. The Balaban J connectivity index is 2.10. The lowest BCUT2D eigenvalue weighted by molar-refractivity contribution is 0.696. The molecule has 0 radical (unpaired) electrons. The lowest BCUT2D eigenvalue weighted by atomic mass is 10.1. The summed E-state index contributed by atoms with van der Waals surface area (Å²) in [4.78, 5) is 1.39. The molecule has 1 atom stereocenters. The zero-order valence-corrected chi connectivity index (χ0v) is 14.8. The zero-order chi connectivity index (χ0) is 16.3. The Morgan fingerprint density at radius 1 is 0.913 bits per heavy atom. The second-order valence-corrected chi connectivity index (χ2v) is 8.77. The molecule has 1 aliphatic rings. The van der Waals surface area contributed by atoms with Gasteiger partial charge in [-0.15, -0.1) is 10.2 Å². The Morgan fingerprint density at radius 2 is 1.52 bits per heavy atom. The summed E-state index contributed by atoms with van der Waals surface area (Å²) >= 11 is 0. The standard InChI is InChI=1S/C21H23NS/c1-4-21(19-13-9-6-10-14-19)23(22(2)3)16-15-20(17-23)18-11-7-5-8-12-18/h4-17H,1-3H3. The second-order valence-electron chi connectivity index (χ2n) is 5.75. The van der Waals surface area contributed by atoms with Crippen LogP contribution in [0.5, 0.6) is 0 Å². The Bertz CT molecular complexity index is 757. The van der Waals surface area contributed by atoms with Gasteiger partial charge in [-0.1, -0.05) is 66.7 Å². The van der Waals surface area contributed by atoms with Crippen LogP contribution in [0.3, 0.4) is 0 Å². The monoisotopic (exact) mass is 321 g/mol. The minimum Gasteiger partial charge on any atom is -0.263 e. The minimum absolute atomic E-state index is 1.27. The van der Waals surface area contributed by atoms with Gasteiger partial charge < -0.3 is 0 Å². The first-order valence-electron chi connectivity index (χ1n) is 7.85. The molecule has 2 aromatic carbocycles. The minimum atomic E-state index is -1.27. The first-order chi connectivity index (χ1) is 11.2. The molecule has 0 amide bonds. The average molecular weight is 321 g/mol. The van der Waals surface area contributed by atoms with Crippen molar-refractivity contribution in [1.29, 1.82) is 0 Å². The maximum absolute atomic E-state index is 2.45. The molecule has 0 aliphatic carbocycles. The van der Waals surface area contributed by atoms with Gasteiger partial charge in [0.25, 0.3) is 0 Å². The third-order valence-electron chi connectivity index (χ3n) is 4.15. The molecule has 0 saturated heterocycles. The van der Waals surface area contributed by atoms with Crippen molar-refractivity contribution in [3.8, 4) is 0 Å². The van der Waals surface area contributed by atoms with Crippen molar-refractivity contribution in [2.75, 3.05) is 14.1 Å². The normalized spacial score (nSPS) is 23.7. The van der Waals surface area contributed by atoms with Crippen LogP contribution in [0.25, 0.3) is 10.5 Å². The van der Waals surface area contributed by atoms with Gasteiger partial charge in [0.1, 0.15) is 0 Å². The molecule has 2 heteroatoms. The summed E-state index contributed by atoms with van der Waals surface area (Å²) in [6, 6.07) is 21.3. The van der Waals surface area contributed by atoms with Gasteiger partial charge in [-0.3, -0.25) is 4.31 Å². The van der Waals surface area contributed by atoms with Gasteiger partial charge >= 0.3 is 0 Å². The summed E-state index contributed by atoms with van der Waals surface area (Å²) in [5.74, 6) is 0. The molecule has 3 rings (SSSR count). The summed E-state index contributed by atoms with van der Waals surface area (Å²) in [6.07, 6.45) is 4.54. The fraction of sp³-hybridized carbons (Fsp3) is 0.143. The molecule has 1 unspecified atom stereocenters. The molecule has 1 nitrogen and oxygen atoms in total. The van der Waals surface area contributed by atoms with E-state index in [1.807, 2.05) is 0 Å². The Kier molecular flexibility index (Phi) is 4.56. The van der Waals surface area contributed by atoms with E-state index in [0.29, 0.717) is 0 Å². The highest BCUT2D eigenvalue weighted by Gasteiger charge is 2.30. The number of hydrogen-bond acceptors (Lipinski definition) is 1. The largest absolute Gasteiger partial charge is 0.263 e. The molecular formula is C21H23NS. The van der Waals surface area contributed by atoms with Crippen LogP contribution >= 0.6 is 10.2 Å². The fourth-order valence-corrected chi connectivity index (χ4v) is 6.00.